The van der Waals surface area contributed by atoms with Crippen molar-refractivity contribution in [2.45, 2.75) is 13.0 Å². The molecule has 0 bridgehead atoms. The molecule has 1 heterocycles. The van der Waals surface area contributed by atoms with E-state index < -0.39 is 4.92 Å². The zero-order valence-corrected chi connectivity index (χ0v) is 11.3. The van der Waals surface area contributed by atoms with Crippen LogP contribution in [0, 0.1) is 10.1 Å². The third-order valence-corrected chi connectivity index (χ3v) is 3.28. The summed E-state index contributed by atoms with van der Waals surface area (Å²) >= 11 is 0. The van der Waals surface area contributed by atoms with Crippen LogP contribution in [-0.2, 0) is 4.79 Å². The number of benzene rings is 1. The van der Waals surface area contributed by atoms with Crippen molar-refractivity contribution in [3.05, 3.63) is 46.0 Å². The quantitative estimate of drug-likeness (QED) is 0.514. The van der Waals surface area contributed by atoms with E-state index in [1.807, 2.05) is 6.92 Å². The van der Waals surface area contributed by atoms with Crippen molar-refractivity contribution in [2.24, 2.45) is 0 Å². The third-order valence-electron chi connectivity index (χ3n) is 3.28. The summed E-state index contributed by atoms with van der Waals surface area (Å²) in [6, 6.07) is 6.38. The monoisotopic (exact) mass is 275 g/mol. The van der Waals surface area contributed by atoms with Gasteiger partial charge in [-0.05, 0) is 18.6 Å². The molecule has 1 fully saturated rings. The average Bonchev–Trinajstić information content (AvgIpc) is 2.45. The minimum Gasteiger partial charge on any atom is -0.334 e. The normalized spacial score (nSPS) is 19.2. The van der Waals surface area contributed by atoms with Gasteiger partial charge < -0.3 is 10.2 Å². The molecule has 1 aromatic rings. The number of carbonyl (C=O) groups excluding carboxylic acids is 1. The molecule has 0 spiro atoms. The molecule has 1 saturated heterocycles. The van der Waals surface area contributed by atoms with Crippen molar-refractivity contribution < 1.29 is 9.72 Å². The van der Waals surface area contributed by atoms with E-state index in [0.717, 1.165) is 13.1 Å². The van der Waals surface area contributed by atoms with E-state index in [9.17, 15) is 14.9 Å². The number of nitrogens with one attached hydrogen (secondary N) is 1. The summed E-state index contributed by atoms with van der Waals surface area (Å²) < 4.78 is 0. The fourth-order valence-corrected chi connectivity index (χ4v) is 2.17. The Morgan fingerprint density at radius 1 is 1.55 bits per heavy atom. The first kappa shape index (κ1) is 14.2. The summed E-state index contributed by atoms with van der Waals surface area (Å²) in [6.45, 7) is 4.25. The summed E-state index contributed by atoms with van der Waals surface area (Å²) in [7, 11) is 0. The Morgan fingerprint density at radius 2 is 2.35 bits per heavy atom. The Hall–Kier alpha value is -2.21. The van der Waals surface area contributed by atoms with E-state index in [1.54, 1.807) is 23.1 Å². The standard InChI is InChI=1S/C14H17N3O3/c1-11-10-15-7-8-16(11)14(18)6-5-12-3-2-4-13(9-12)17(19)20/h2-6,9,11,15H,7-8,10H2,1H3. The fourth-order valence-electron chi connectivity index (χ4n) is 2.17. The molecule has 2 rings (SSSR count). The molecule has 106 valence electrons. The van der Waals surface area contributed by atoms with Gasteiger partial charge in [0.2, 0.25) is 5.91 Å². The molecule has 0 aromatic heterocycles. The Morgan fingerprint density at radius 3 is 3.05 bits per heavy atom. The number of non-ortho nitro benzene ring substituents is 1. The number of amides is 1. The molecule has 1 aliphatic rings. The summed E-state index contributed by atoms with van der Waals surface area (Å²) in [5.74, 6) is -0.0643. The lowest BCUT2D eigenvalue weighted by atomic mass is 10.1. The summed E-state index contributed by atoms with van der Waals surface area (Å²) in [5, 5.41) is 13.9. The molecule has 1 unspecified atom stereocenters. The number of hydrogen-bond acceptors (Lipinski definition) is 4. The van der Waals surface area contributed by atoms with Gasteiger partial charge in [-0.3, -0.25) is 14.9 Å². The second kappa shape index (κ2) is 6.29. The van der Waals surface area contributed by atoms with Crippen LogP contribution in [0.15, 0.2) is 30.3 Å². The molecule has 0 radical (unpaired) electrons. The van der Waals surface area contributed by atoms with Gasteiger partial charge in [0.1, 0.15) is 0 Å². The van der Waals surface area contributed by atoms with Gasteiger partial charge in [0.05, 0.1) is 4.92 Å². The molecule has 1 atom stereocenters. The Labute approximate surface area is 117 Å². The lowest BCUT2D eigenvalue weighted by molar-refractivity contribution is -0.384. The van der Waals surface area contributed by atoms with E-state index in [2.05, 4.69) is 5.32 Å². The van der Waals surface area contributed by atoms with Gasteiger partial charge in [-0.25, -0.2) is 0 Å². The topological polar surface area (TPSA) is 75.5 Å². The minimum absolute atomic E-state index is 0.0233. The predicted molar refractivity (Wildman–Crippen MR) is 76.2 cm³/mol. The molecular weight excluding hydrogens is 258 g/mol. The first-order chi connectivity index (χ1) is 9.58. The minimum atomic E-state index is -0.447. The smallest absolute Gasteiger partial charge is 0.270 e. The Kier molecular flexibility index (Phi) is 4.47. The summed E-state index contributed by atoms with van der Waals surface area (Å²) in [5.41, 5.74) is 0.672. The van der Waals surface area contributed by atoms with Gasteiger partial charge >= 0.3 is 0 Å². The van der Waals surface area contributed by atoms with Crippen molar-refractivity contribution in [1.29, 1.82) is 0 Å². The number of carbonyl (C=O) groups is 1. The average molecular weight is 275 g/mol. The second-order valence-electron chi connectivity index (χ2n) is 4.77. The largest absolute Gasteiger partial charge is 0.334 e. The van der Waals surface area contributed by atoms with E-state index in [1.165, 1.54) is 18.2 Å². The van der Waals surface area contributed by atoms with Crippen molar-refractivity contribution in [3.8, 4) is 0 Å². The Bertz CT molecular complexity index is 542. The van der Waals surface area contributed by atoms with Crippen molar-refractivity contribution in [1.82, 2.24) is 10.2 Å². The maximum Gasteiger partial charge on any atom is 0.270 e. The SMILES string of the molecule is CC1CNCCN1C(=O)C=Cc1cccc([N+](=O)[O-])c1. The zero-order chi connectivity index (χ0) is 14.5. The van der Waals surface area contributed by atoms with Crippen molar-refractivity contribution in [3.63, 3.8) is 0 Å². The van der Waals surface area contributed by atoms with Crippen LogP contribution in [0.2, 0.25) is 0 Å². The van der Waals surface area contributed by atoms with Crippen LogP contribution >= 0.6 is 0 Å². The van der Waals surface area contributed by atoms with E-state index in [0.29, 0.717) is 12.1 Å². The number of hydrogen-bond donors (Lipinski definition) is 1. The van der Waals surface area contributed by atoms with Crippen molar-refractivity contribution >= 4 is 17.7 Å². The molecule has 1 aliphatic heterocycles. The number of piperazine rings is 1. The highest BCUT2D eigenvalue weighted by Crippen LogP contribution is 2.14. The van der Waals surface area contributed by atoms with Gasteiger partial charge in [-0.15, -0.1) is 0 Å². The molecule has 6 heteroatoms. The number of nitro benzene ring substituents is 1. The Balaban J connectivity index is 2.06. The van der Waals surface area contributed by atoms with Crippen LogP contribution in [-0.4, -0.2) is 41.4 Å². The number of nitrogens with zero attached hydrogens (tertiary/aromatic N) is 2. The first-order valence-corrected chi connectivity index (χ1v) is 6.52. The lowest BCUT2D eigenvalue weighted by Gasteiger charge is -2.33. The van der Waals surface area contributed by atoms with E-state index in [-0.39, 0.29) is 17.6 Å². The van der Waals surface area contributed by atoms with Gasteiger partial charge in [-0.2, -0.15) is 0 Å². The molecule has 0 aliphatic carbocycles. The van der Waals surface area contributed by atoms with Crippen LogP contribution in [0.4, 0.5) is 5.69 Å². The second-order valence-corrected chi connectivity index (χ2v) is 4.77. The lowest BCUT2D eigenvalue weighted by Crippen LogP contribution is -2.51. The molecular formula is C14H17N3O3. The highest BCUT2D eigenvalue weighted by molar-refractivity contribution is 5.92. The predicted octanol–water partition coefficient (Wildman–Crippen LogP) is 1.43. The molecule has 0 saturated carbocycles. The summed E-state index contributed by atoms with van der Waals surface area (Å²) in [4.78, 5) is 24.1. The molecule has 1 aromatic carbocycles. The zero-order valence-electron chi connectivity index (χ0n) is 11.3. The first-order valence-electron chi connectivity index (χ1n) is 6.52. The number of nitro groups is 1. The summed E-state index contributed by atoms with van der Waals surface area (Å²) in [6.07, 6.45) is 3.09. The molecule has 1 amide bonds. The van der Waals surface area contributed by atoms with Gasteiger partial charge in [0, 0.05) is 43.9 Å². The fraction of sp³-hybridized carbons (Fsp3) is 0.357. The third kappa shape index (κ3) is 3.42. The van der Waals surface area contributed by atoms with E-state index >= 15 is 0 Å². The van der Waals surface area contributed by atoms with Crippen LogP contribution in [0.5, 0.6) is 0 Å². The van der Waals surface area contributed by atoms with Gasteiger partial charge in [0.25, 0.3) is 5.69 Å². The highest BCUT2D eigenvalue weighted by atomic mass is 16.6. The van der Waals surface area contributed by atoms with Gasteiger partial charge in [0.15, 0.2) is 0 Å². The maximum atomic E-state index is 12.1. The van der Waals surface area contributed by atoms with E-state index in [4.69, 9.17) is 0 Å². The number of rotatable bonds is 3. The van der Waals surface area contributed by atoms with Crippen molar-refractivity contribution in [2.75, 3.05) is 19.6 Å². The van der Waals surface area contributed by atoms with Crippen LogP contribution in [0.25, 0.3) is 6.08 Å². The highest BCUT2D eigenvalue weighted by Gasteiger charge is 2.20. The van der Waals surface area contributed by atoms with Crippen LogP contribution in [0.3, 0.4) is 0 Å². The van der Waals surface area contributed by atoms with Crippen LogP contribution in [0.1, 0.15) is 12.5 Å². The maximum absolute atomic E-state index is 12.1. The van der Waals surface area contributed by atoms with Gasteiger partial charge in [-0.1, -0.05) is 12.1 Å². The van der Waals surface area contributed by atoms with Crippen LogP contribution < -0.4 is 5.32 Å². The molecule has 20 heavy (non-hydrogen) atoms. The molecule has 6 nitrogen and oxygen atoms in total. The molecule has 1 N–H and O–H groups in total.